The Morgan fingerprint density at radius 3 is 2.87 bits per heavy atom. The van der Waals surface area contributed by atoms with E-state index in [1.54, 1.807) is 18.2 Å². The summed E-state index contributed by atoms with van der Waals surface area (Å²) in [6.45, 7) is 1.81. The maximum atomic E-state index is 11.4. The number of phenols is 1. The van der Waals surface area contributed by atoms with Gasteiger partial charge in [0.2, 0.25) is 0 Å². The Morgan fingerprint density at radius 1 is 1.47 bits per heavy atom. The molecule has 0 radical (unpaired) electrons. The normalized spacial score (nSPS) is 10.5. The predicted molar refractivity (Wildman–Crippen MR) is 56.0 cm³/mol. The molecule has 1 heterocycles. The van der Waals surface area contributed by atoms with Crippen LogP contribution in [0.5, 0.6) is 5.75 Å². The lowest BCUT2D eigenvalue weighted by Gasteiger charge is -1.96. The van der Waals surface area contributed by atoms with Crippen LogP contribution in [0.1, 0.15) is 16.1 Å². The molecule has 1 aromatic heterocycles. The van der Waals surface area contributed by atoms with Crippen LogP contribution in [0.25, 0.3) is 10.9 Å². The highest BCUT2D eigenvalue weighted by molar-refractivity contribution is 5.98. The van der Waals surface area contributed by atoms with Gasteiger partial charge in [-0.05, 0) is 30.7 Å². The van der Waals surface area contributed by atoms with Gasteiger partial charge in [0, 0.05) is 10.9 Å². The summed E-state index contributed by atoms with van der Waals surface area (Å²) >= 11 is 0. The second kappa shape index (κ2) is 3.31. The van der Waals surface area contributed by atoms with E-state index in [-0.39, 0.29) is 5.75 Å². The average Bonchev–Trinajstić information content (AvgIpc) is 2.55. The first-order valence-electron chi connectivity index (χ1n) is 4.53. The fourth-order valence-electron chi connectivity index (χ4n) is 1.62. The predicted octanol–water partition coefficient (Wildman–Crippen LogP) is 1.97. The SMILES string of the molecule is COC(=O)c1[nH]c2ccc(O)cc2c1C. The molecule has 0 fully saturated rings. The number of esters is 1. The lowest BCUT2D eigenvalue weighted by atomic mass is 10.1. The van der Waals surface area contributed by atoms with Gasteiger partial charge in [0.25, 0.3) is 0 Å². The number of aromatic nitrogens is 1. The number of nitrogens with one attached hydrogen (secondary N) is 1. The third kappa shape index (κ3) is 1.44. The third-order valence-corrected chi connectivity index (χ3v) is 2.43. The molecule has 0 aliphatic rings. The topological polar surface area (TPSA) is 62.3 Å². The standard InChI is InChI=1S/C11H11NO3/c1-6-8-5-7(13)3-4-9(8)12-10(6)11(14)15-2/h3-5,12-13H,1-2H3. The van der Waals surface area contributed by atoms with Crippen LogP contribution in [0, 0.1) is 6.92 Å². The summed E-state index contributed by atoms with van der Waals surface area (Å²) in [6, 6.07) is 4.91. The monoisotopic (exact) mass is 205 g/mol. The molecule has 4 nitrogen and oxygen atoms in total. The Labute approximate surface area is 86.5 Å². The molecule has 4 heteroatoms. The van der Waals surface area contributed by atoms with Crippen LogP contribution in [0.4, 0.5) is 0 Å². The van der Waals surface area contributed by atoms with Crippen molar-refractivity contribution in [1.82, 2.24) is 4.98 Å². The quantitative estimate of drug-likeness (QED) is 0.699. The first-order valence-corrected chi connectivity index (χ1v) is 4.53. The second-order valence-corrected chi connectivity index (χ2v) is 3.35. The van der Waals surface area contributed by atoms with Crippen molar-refractivity contribution in [1.29, 1.82) is 0 Å². The molecule has 0 aliphatic heterocycles. The lowest BCUT2D eigenvalue weighted by Crippen LogP contribution is -2.02. The van der Waals surface area contributed by atoms with Gasteiger partial charge in [0.05, 0.1) is 7.11 Å². The second-order valence-electron chi connectivity index (χ2n) is 3.35. The number of H-pyrrole nitrogens is 1. The molecule has 0 aliphatic carbocycles. The molecule has 2 N–H and O–H groups in total. The van der Waals surface area contributed by atoms with Crippen LogP contribution in [0.3, 0.4) is 0 Å². The highest BCUT2D eigenvalue weighted by atomic mass is 16.5. The summed E-state index contributed by atoms with van der Waals surface area (Å²) in [5.74, 6) is -0.218. The summed E-state index contributed by atoms with van der Waals surface area (Å²) in [6.07, 6.45) is 0. The van der Waals surface area contributed by atoms with E-state index in [1.807, 2.05) is 6.92 Å². The van der Waals surface area contributed by atoms with Gasteiger partial charge in [0.1, 0.15) is 11.4 Å². The minimum atomic E-state index is -0.400. The molecule has 15 heavy (non-hydrogen) atoms. The van der Waals surface area contributed by atoms with Crippen LogP contribution < -0.4 is 0 Å². The summed E-state index contributed by atoms with van der Waals surface area (Å²) in [7, 11) is 1.34. The number of aryl methyl sites for hydroxylation is 1. The van der Waals surface area contributed by atoms with Gasteiger partial charge in [-0.25, -0.2) is 4.79 Å². The molecule has 0 bridgehead atoms. The van der Waals surface area contributed by atoms with Crippen molar-refractivity contribution in [2.75, 3.05) is 7.11 Å². The molecule has 0 saturated heterocycles. The molecule has 0 saturated carbocycles. The Balaban J connectivity index is 2.69. The summed E-state index contributed by atoms with van der Waals surface area (Å²) in [5.41, 5.74) is 2.02. The van der Waals surface area contributed by atoms with Crippen LogP contribution >= 0.6 is 0 Å². The van der Waals surface area contributed by atoms with Gasteiger partial charge in [0.15, 0.2) is 0 Å². The first kappa shape index (κ1) is 9.58. The number of carbonyl (C=O) groups is 1. The molecule has 0 amide bonds. The fraction of sp³-hybridized carbons (Fsp3) is 0.182. The Kier molecular flexibility index (Phi) is 2.11. The molecule has 0 spiro atoms. The molecule has 0 atom stereocenters. The molecule has 78 valence electrons. The Hall–Kier alpha value is -1.97. The fourth-order valence-corrected chi connectivity index (χ4v) is 1.62. The van der Waals surface area contributed by atoms with E-state index in [0.717, 1.165) is 16.5 Å². The number of methoxy groups -OCH3 is 1. The van der Waals surface area contributed by atoms with E-state index in [0.29, 0.717) is 5.69 Å². The number of rotatable bonds is 1. The number of hydrogen-bond donors (Lipinski definition) is 2. The molecule has 1 aromatic carbocycles. The minimum Gasteiger partial charge on any atom is -0.508 e. The van der Waals surface area contributed by atoms with E-state index < -0.39 is 5.97 Å². The van der Waals surface area contributed by atoms with Crippen LogP contribution in [-0.4, -0.2) is 23.2 Å². The average molecular weight is 205 g/mol. The van der Waals surface area contributed by atoms with Crippen molar-refractivity contribution in [3.63, 3.8) is 0 Å². The summed E-state index contributed by atoms with van der Waals surface area (Å²) in [4.78, 5) is 14.3. The maximum absolute atomic E-state index is 11.4. The van der Waals surface area contributed by atoms with Gasteiger partial charge >= 0.3 is 5.97 Å². The smallest absolute Gasteiger partial charge is 0.354 e. The zero-order valence-corrected chi connectivity index (χ0v) is 8.50. The lowest BCUT2D eigenvalue weighted by molar-refractivity contribution is 0.0594. The van der Waals surface area contributed by atoms with E-state index >= 15 is 0 Å². The summed E-state index contributed by atoms with van der Waals surface area (Å²) < 4.78 is 4.64. The van der Waals surface area contributed by atoms with Crippen LogP contribution in [-0.2, 0) is 4.74 Å². The highest BCUT2D eigenvalue weighted by Crippen LogP contribution is 2.25. The zero-order chi connectivity index (χ0) is 11.0. The van der Waals surface area contributed by atoms with Crippen molar-refractivity contribution in [2.24, 2.45) is 0 Å². The van der Waals surface area contributed by atoms with Gasteiger partial charge < -0.3 is 14.8 Å². The van der Waals surface area contributed by atoms with Crippen molar-refractivity contribution >= 4 is 16.9 Å². The van der Waals surface area contributed by atoms with E-state index in [4.69, 9.17) is 0 Å². The number of benzene rings is 1. The number of hydrogen-bond acceptors (Lipinski definition) is 3. The third-order valence-electron chi connectivity index (χ3n) is 2.43. The zero-order valence-electron chi connectivity index (χ0n) is 8.50. The van der Waals surface area contributed by atoms with Gasteiger partial charge in [-0.2, -0.15) is 0 Å². The van der Waals surface area contributed by atoms with Crippen LogP contribution in [0.15, 0.2) is 18.2 Å². The Bertz CT molecular complexity index is 528. The molecular weight excluding hydrogens is 194 g/mol. The molecular formula is C11H11NO3. The largest absolute Gasteiger partial charge is 0.508 e. The molecule has 2 aromatic rings. The van der Waals surface area contributed by atoms with Gasteiger partial charge in [-0.1, -0.05) is 0 Å². The summed E-state index contributed by atoms with van der Waals surface area (Å²) in [5, 5.41) is 10.2. The van der Waals surface area contributed by atoms with Crippen molar-refractivity contribution in [2.45, 2.75) is 6.92 Å². The molecule has 2 rings (SSSR count). The van der Waals surface area contributed by atoms with Crippen LogP contribution in [0.2, 0.25) is 0 Å². The van der Waals surface area contributed by atoms with Crippen molar-refractivity contribution < 1.29 is 14.6 Å². The number of ether oxygens (including phenoxy) is 1. The number of fused-ring (bicyclic) bond motifs is 1. The number of phenolic OH excluding ortho intramolecular Hbond substituents is 1. The maximum Gasteiger partial charge on any atom is 0.354 e. The minimum absolute atomic E-state index is 0.181. The van der Waals surface area contributed by atoms with E-state index in [9.17, 15) is 9.90 Å². The number of carbonyl (C=O) groups excluding carboxylic acids is 1. The Morgan fingerprint density at radius 2 is 2.20 bits per heavy atom. The van der Waals surface area contributed by atoms with E-state index in [1.165, 1.54) is 7.11 Å². The number of aromatic amines is 1. The van der Waals surface area contributed by atoms with Crippen molar-refractivity contribution in [3.8, 4) is 5.75 Å². The van der Waals surface area contributed by atoms with E-state index in [2.05, 4.69) is 9.72 Å². The van der Waals surface area contributed by atoms with Gasteiger partial charge in [-0.15, -0.1) is 0 Å². The molecule has 0 unspecified atom stereocenters. The highest BCUT2D eigenvalue weighted by Gasteiger charge is 2.14. The van der Waals surface area contributed by atoms with Gasteiger partial charge in [-0.3, -0.25) is 0 Å². The first-order chi connectivity index (χ1) is 7.13. The van der Waals surface area contributed by atoms with Crippen molar-refractivity contribution in [3.05, 3.63) is 29.5 Å². The number of aromatic hydroxyl groups is 1.